The second-order valence-corrected chi connectivity index (χ2v) is 7.61. The first-order valence-corrected chi connectivity index (χ1v) is 9.98. The number of benzene rings is 1. The monoisotopic (exact) mass is 377 g/mol. The van der Waals surface area contributed by atoms with Crippen LogP contribution in [0.4, 0.5) is 0 Å². The Morgan fingerprint density at radius 2 is 2.00 bits per heavy atom. The lowest BCUT2D eigenvalue weighted by Crippen LogP contribution is -2.43. The molecule has 1 aliphatic rings. The van der Waals surface area contributed by atoms with E-state index in [9.17, 15) is 4.79 Å². The lowest BCUT2D eigenvalue weighted by atomic mass is 10.0. The van der Waals surface area contributed by atoms with Gasteiger partial charge in [-0.05, 0) is 59.0 Å². The van der Waals surface area contributed by atoms with Gasteiger partial charge in [0, 0.05) is 29.7 Å². The molecule has 1 amide bonds. The highest BCUT2D eigenvalue weighted by Crippen LogP contribution is 2.27. The first-order chi connectivity index (χ1) is 13.5. The van der Waals surface area contributed by atoms with Crippen LogP contribution in [0.25, 0.3) is 22.2 Å². The van der Waals surface area contributed by atoms with E-state index in [1.807, 2.05) is 48.1 Å². The van der Waals surface area contributed by atoms with Gasteiger partial charge in [0.1, 0.15) is 0 Å². The van der Waals surface area contributed by atoms with Gasteiger partial charge in [0.05, 0.1) is 22.5 Å². The molecular formula is C22H27N5O. The number of likely N-dealkylation sites (tertiary alicyclic amines) is 1. The Balaban J connectivity index is 1.72. The maximum absolute atomic E-state index is 13.2. The largest absolute Gasteiger partial charge is 0.349 e. The fourth-order valence-corrected chi connectivity index (χ4v) is 3.85. The molecule has 0 bridgehead atoms. The second kappa shape index (κ2) is 7.72. The molecule has 1 saturated heterocycles. The van der Waals surface area contributed by atoms with E-state index in [4.69, 9.17) is 4.98 Å². The van der Waals surface area contributed by atoms with Crippen LogP contribution in [0.1, 0.15) is 35.8 Å². The quantitative estimate of drug-likeness (QED) is 0.758. The average Bonchev–Trinajstić information content (AvgIpc) is 3.09. The number of hydrogen-bond acceptors (Lipinski definition) is 4. The Bertz CT molecular complexity index is 1000. The zero-order valence-corrected chi connectivity index (χ0v) is 16.8. The summed E-state index contributed by atoms with van der Waals surface area (Å²) >= 11 is 0. The molecule has 3 aromatic rings. The number of piperidine rings is 1. The Kier molecular flexibility index (Phi) is 5.13. The lowest BCUT2D eigenvalue weighted by molar-refractivity contribution is 0.0918. The molecule has 6 nitrogen and oxygen atoms in total. The third-order valence-electron chi connectivity index (χ3n) is 5.56. The minimum Gasteiger partial charge on any atom is -0.349 e. The summed E-state index contributed by atoms with van der Waals surface area (Å²) in [6, 6.07) is 9.99. The van der Waals surface area contributed by atoms with Crippen LogP contribution in [-0.2, 0) is 6.54 Å². The van der Waals surface area contributed by atoms with Crippen LogP contribution in [0.3, 0.4) is 0 Å². The SMILES string of the molecule is CCn1cc(-c2cc(C(=O)NC3CCN(C)CC3)c3ccccc3n2)c(C)n1. The van der Waals surface area contributed by atoms with Gasteiger partial charge in [-0.2, -0.15) is 5.10 Å². The third kappa shape index (κ3) is 3.64. The van der Waals surface area contributed by atoms with Crippen molar-refractivity contribution in [1.82, 2.24) is 25.0 Å². The summed E-state index contributed by atoms with van der Waals surface area (Å²) in [6.45, 7) is 6.88. The number of hydrogen-bond donors (Lipinski definition) is 1. The second-order valence-electron chi connectivity index (χ2n) is 7.61. The first-order valence-electron chi connectivity index (χ1n) is 9.98. The molecule has 0 atom stereocenters. The van der Waals surface area contributed by atoms with Crippen molar-refractivity contribution in [1.29, 1.82) is 0 Å². The highest BCUT2D eigenvalue weighted by Gasteiger charge is 2.21. The summed E-state index contributed by atoms with van der Waals surface area (Å²) in [5.41, 5.74) is 4.21. The van der Waals surface area contributed by atoms with E-state index in [1.165, 1.54) is 0 Å². The van der Waals surface area contributed by atoms with E-state index >= 15 is 0 Å². The Morgan fingerprint density at radius 3 is 2.71 bits per heavy atom. The molecule has 6 heteroatoms. The number of nitrogens with zero attached hydrogens (tertiary/aromatic N) is 4. The molecule has 2 aromatic heterocycles. The maximum Gasteiger partial charge on any atom is 0.252 e. The third-order valence-corrected chi connectivity index (χ3v) is 5.56. The maximum atomic E-state index is 13.2. The van der Waals surface area contributed by atoms with Crippen molar-refractivity contribution >= 4 is 16.8 Å². The zero-order valence-electron chi connectivity index (χ0n) is 16.8. The van der Waals surface area contributed by atoms with E-state index in [0.717, 1.165) is 60.3 Å². The van der Waals surface area contributed by atoms with E-state index in [0.29, 0.717) is 5.56 Å². The van der Waals surface area contributed by atoms with Gasteiger partial charge in [-0.3, -0.25) is 9.48 Å². The predicted molar refractivity (Wildman–Crippen MR) is 111 cm³/mol. The smallest absolute Gasteiger partial charge is 0.252 e. The van der Waals surface area contributed by atoms with Crippen molar-refractivity contribution in [2.24, 2.45) is 0 Å². The van der Waals surface area contributed by atoms with Gasteiger partial charge in [-0.25, -0.2) is 4.98 Å². The number of rotatable bonds is 4. The molecule has 0 radical (unpaired) electrons. The van der Waals surface area contributed by atoms with Gasteiger partial charge in [-0.15, -0.1) is 0 Å². The fraction of sp³-hybridized carbons (Fsp3) is 0.409. The molecule has 146 valence electrons. The summed E-state index contributed by atoms with van der Waals surface area (Å²) in [6.07, 6.45) is 3.98. The van der Waals surface area contributed by atoms with Crippen molar-refractivity contribution in [2.45, 2.75) is 39.3 Å². The van der Waals surface area contributed by atoms with E-state index in [-0.39, 0.29) is 11.9 Å². The van der Waals surface area contributed by atoms with Gasteiger partial charge >= 0.3 is 0 Å². The fourth-order valence-electron chi connectivity index (χ4n) is 3.85. The van der Waals surface area contributed by atoms with Crippen LogP contribution in [0.2, 0.25) is 0 Å². The highest BCUT2D eigenvalue weighted by molar-refractivity contribution is 6.07. The molecule has 28 heavy (non-hydrogen) atoms. The van der Waals surface area contributed by atoms with Crippen molar-refractivity contribution < 1.29 is 4.79 Å². The van der Waals surface area contributed by atoms with E-state index < -0.39 is 0 Å². The number of carbonyl (C=O) groups is 1. The molecule has 4 rings (SSSR count). The topological polar surface area (TPSA) is 63.1 Å². The lowest BCUT2D eigenvalue weighted by Gasteiger charge is -2.29. The summed E-state index contributed by atoms with van der Waals surface area (Å²) in [5, 5.41) is 8.66. The normalized spacial score (nSPS) is 15.8. The van der Waals surface area contributed by atoms with Crippen molar-refractivity contribution in [3.63, 3.8) is 0 Å². The minimum absolute atomic E-state index is 0.0186. The van der Waals surface area contributed by atoms with Crippen LogP contribution < -0.4 is 5.32 Å². The predicted octanol–water partition coefficient (Wildman–Crippen LogP) is 3.25. The van der Waals surface area contributed by atoms with Gasteiger partial charge in [0.25, 0.3) is 5.91 Å². The number of pyridine rings is 1. The van der Waals surface area contributed by atoms with Crippen LogP contribution >= 0.6 is 0 Å². The minimum atomic E-state index is -0.0186. The van der Waals surface area contributed by atoms with Gasteiger partial charge in [0.15, 0.2) is 0 Å². The van der Waals surface area contributed by atoms with Crippen LogP contribution in [0.5, 0.6) is 0 Å². The number of amides is 1. The molecule has 0 spiro atoms. The van der Waals surface area contributed by atoms with Gasteiger partial charge in [0.2, 0.25) is 0 Å². The molecule has 0 unspecified atom stereocenters. The van der Waals surface area contributed by atoms with Crippen molar-refractivity contribution in [3.8, 4) is 11.3 Å². The average molecular weight is 377 g/mol. The Hall–Kier alpha value is -2.73. The summed E-state index contributed by atoms with van der Waals surface area (Å²) in [4.78, 5) is 20.3. The summed E-state index contributed by atoms with van der Waals surface area (Å²) in [7, 11) is 2.12. The molecule has 3 heterocycles. The number of fused-ring (bicyclic) bond motifs is 1. The Morgan fingerprint density at radius 1 is 1.25 bits per heavy atom. The van der Waals surface area contributed by atoms with Crippen LogP contribution in [0.15, 0.2) is 36.5 Å². The molecule has 1 N–H and O–H groups in total. The first kappa shape index (κ1) is 18.6. The summed E-state index contributed by atoms with van der Waals surface area (Å²) < 4.78 is 1.90. The molecular weight excluding hydrogens is 350 g/mol. The molecule has 1 aliphatic heterocycles. The van der Waals surface area contributed by atoms with E-state index in [1.54, 1.807) is 0 Å². The standard InChI is InChI=1S/C22H27N5O/c1-4-27-14-19(15(2)25-27)21-13-18(17-7-5-6-8-20(17)24-21)22(28)23-16-9-11-26(3)12-10-16/h5-8,13-14,16H,4,9-12H2,1-3H3,(H,23,28). The Labute approximate surface area is 165 Å². The zero-order chi connectivity index (χ0) is 19.7. The molecule has 0 saturated carbocycles. The van der Waals surface area contributed by atoms with Crippen molar-refractivity contribution in [3.05, 3.63) is 47.8 Å². The van der Waals surface area contributed by atoms with Crippen molar-refractivity contribution in [2.75, 3.05) is 20.1 Å². The molecule has 1 aromatic carbocycles. The van der Waals surface area contributed by atoms with E-state index in [2.05, 4.69) is 29.3 Å². The van der Waals surface area contributed by atoms with Gasteiger partial charge in [-0.1, -0.05) is 18.2 Å². The number of aryl methyl sites for hydroxylation is 2. The number of nitrogens with one attached hydrogen (secondary N) is 1. The summed E-state index contributed by atoms with van der Waals surface area (Å²) in [5.74, 6) is -0.0186. The van der Waals surface area contributed by atoms with Gasteiger partial charge < -0.3 is 10.2 Å². The van der Waals surface area contributed by atoms with Crippen LogP contribution in [-0.4, -0.2) is 51.8 Å². The highest BCUT2D eigenvalue weighted by atomic mass is 16.1. The molecule has 0 aliphatic carbocycles. The number of para-hydroxylation sites is 1. The van der Waals surface area contributed by atoms with Crippen LogP contribution in [0, 0.1) is 6.92 Å². The number of aromatic nitrogens is 3. The number of carbonyl (C=O) groups excluding carboxylic acids is 1. The molecule has 1 fully saturated rings.